The number of nitro benzene ring substituents is 1. The van der Waals surface area contributed by atoms with Crippen molar-refractivity contribution in [2.45, 2.75) is 12.6 Å². The second-order valence-electron chi connectivity index (χ2n) is 5.36. The third kappa shape index (κ3) is 3.13. The van der Waals surface area contributed by atoms with Gasteiger partial charge in [0.1, 0.15) is 0 Å². The van der Waals surface area contributed by atoms with E-state index >= 15 is 0 Å². The van der Waals surface area contributed by atoms with E-state index in [2.05, 4.69) is 21.3 Å². The van der Waals surface area contributed by atoms with Crippen LogP contribution in [0.1, 0.15) is 17.2 Å². The number of benzene rings is 1. The van der Waals surface area contributed by atoms with Gasteiger partial charge in [0.05, 0.1) is 4.92 Å². The fourth-order valence-corrected chi connectivity index (χ4v) is 2.88. The number of hydrogen-bond donors (Lipinski definition) is 1. The number of rotatable bonds is 4. The minimum absolute atomic E-state index is 0.183. The van der Waals surface area contributed by atoms with E-state index in [1.54, 1.807) is 18.3 Å². The average Bonchev–Trinajstić information content (AvgIpc) is 2.56. The van der Waals surface area contributed by atoms with Gasteiger partial charge in [-0.25, -0.2) is 0 Å². The first kappa shape index (κ1) is 14.6. The molecule has 0 saturated carbocycles. The Morgan fingerprint density at radius 2 is 2.18 bits per heavy atom. The van der Waals surface area contributed by atoms with Crippen molar-refractivity contribution in [2.24, 2.45) is 0 Å². The zero-order chi connectivity index (χ0) is 15.4. The maximum Gasteiger partial charge on any atom is 0.273 e. The normalized spacial score (nSPS) is 19.0. The highest BCUT2D eigenvalue weighted by Gasteiger charge is 2.26. The summed E-state index contributed by atoms with van der Waals surface area (Å²) in [4.78, 5) is 17.3. The second-order valence-corrected chi connectivity index (χ2v) is 5.36. The van der Waals surface area contributed by atoms with Gasteiger partial charge in [-0.1, -0.05) is 24.3 Å². The molecule has 1 aromatic heterocycles. The predicted octanol–water partition coefficient (Wildman–Crippen LogP) is 2.14. The fourth-order valence-electron chi connectivity index (χ4n) is 2.88. The second kappa shape index (κ2) is 6.64. The lowest BCUT2D eigenvalue weighted by Crippen LogP contribution is -2.45. The first-order valence-corrected chi connectivity index (χ1v) is 7.32. The third-order valence-electron chi connectivity index (χ3n) is 3.99. The Balaban J connectivity index is 1.85. The number of aromatic nitrogens is 1. The van der Waals surface area contributed by atoms with Crippen molar-refractivity contribution in [1.82, 2.24) is 15.2 Å². The summed E-state index contributed by atoms with van der Waals surface area (Å²) in [5.41, 5.74) is 2.07. The van der Waals surface area contributed by atoms with Gasteiger partial charge in [0.25, 0.3) is 5.69 Å². The van der Waals surface area contributed by atoms with Crippen molar-refractivity contribution in [1.29, 1.82) is 0 Å². The zero-order valence-electron chi connectivity index (χ0n) is 12.2. The topological polar surface area (TPSA) is 71.3 Å². The summed E-state index contributed by atoms with van der Waals surface area (Å²) in [6, 6.07) is 11.1. The molecule has 0 aliphatic carbocycles. The van der Waals surface area contributed by atoms with Crippen molar-refractivity contribution in [2.75, 3.05) is 19.6 Å². The number of para-hydroxylation sites is 1. The lowest BCUT2D eigenvalue weighted by Gasteiger charge is -2.36. The molecule has 0 bridgehead atoms. The Hall–Kier alpha value is -2.31. The highest BCUT2D eigenvalue weighted by Crippen LogP contribution is 2.26. The molecule has 2 aromatic rings. The largest absolute Gasteiger partial charge is 0.314 e. The van der Waals surface area contributed by atoms with E-state index in [4.69, 9.17) is 0 Å². The molecule has 1 aliphatic rings. The van der Waals surface area contributed by atoms with Crippen molar-refractivity contribution >= 4 is 5.69 Å². The summed E-state index contributed by atoms with van der Waals surface area (Å²) in [5.74, 6) is 0. The lowest BCUT2D eigenvalue weighted by atomic mass is 10.0. The molecule has 0 spiro atoms. The van der Waals surface area contributed by atoms with Crippen molar-refractivity contribution in [3.8, 4) is 0 Å². The van der Waals surface area contributed by atoms with Crippen LogP contribution in [-0.4, -0.2) is 34.4 Å². The molecular formula is C16H18N4O2. The molecular weight excluding hydrogens is 280 g/mol. The van der Waals surface area contributed by atoms with Crippen molar-refractivity contribution in [3.63, 3.8) is 0 Å². The van der Waals surface area contributed by atoms with Gasteiger partial charge in [0.15, 0.2) is 0 Å². The molecule has 1 aromatic carbocycles. The minimum Gasteiger partial charge on any atom is -0.314 e. The predicted molar refractivity (Wildman–Crippen MR) is 83.4 cm³/mol. The van der Waals surface area contributed by atoms with E-state index in [9.17, 15) is 10.1 Å². The van der Waals surface area contributed by atoms with Gasteiger partial charge in [-0.3, -0.25) is 20.0 Å². The Labute approximate surface area is 128 Å². The van der Waals surface area contributed by atoms with Crippen LogP contribution < -0.4 is 5.32 Å². The van der Waals surface area contributed by atoms with Crippen LogP contribution in [0.2, 0.25) is 0 Å². The molecule has 0 amide bonds. The van der Waals surface area contributed by atoms with Gasteiger partial charge < -0.3 is 5.32 Å². The molecule has 22 heavy (non-hydrogen) atoms. The van der Waals surface area contributed by atoms with Gasteiger partial charge >= 0.3 is 0 Å². The maximum absolute atomic E-state index is 11.2. The number of nitrogens with zero attached hydrogens (tertiary/aromatic N) is 3. The first-order chi connectivity index (χ1) is 10.8. The van der Waals surface area contributed by atoms with E-state index in [1.807, 2.05) is 24.4 Å². The number of nitrogens with one attached hydrogen (secondary N) is 1. The zero-order valence-corrected chi connectivity index (χ0v) is 12.2. The van der Waals surface area contributed by atoms with Gasteiger partial charge in [0, 0.05) is 56.2 Å². The highest BCUT2D eigenvalue weighted by atomic mass is 16.6. The van der Waals surface area contributed by atoms with Gasteiger partial charge in [-0.15, -0.1) is 0 Å². The molecule has 1 N–H and O–H groups in total. The first-order valence-electron chi connectivity index (χ1n) is 7.32. The summed E-state index contributed by atoms with van der Waals surface area (Å²) < 4.78 is 0. The maximum atomic E-state index is 11.2. The molecule has 114 valence electrons. The summed E-state index contributed by atoms with van der Waals surface area (Å²) in [7, 11) is 0. The molecule has 2 heterocycles. The van der Waals surface area contributed by atoms with Crippen LogP contribution in [0.25, 0.3) is 0 Å². The van der Waals surface area contributed by atoms with Crippen LogP contribution in [-0.2, 0) is 6.54 Å². The molecule has 6 nitrogen and oxygen atoms in total. The standard InChI is InChI=1S/C16H18N4O2/c21-20(22)15-6-2-1-4-14(15)12-19-9-8-18-11-16(19)13-5-3-7-17-10-13/h1-7,10,16,18H,8-9,11-12H2. The van der Waals surface area contributed by atoms with Crippen LogP contribution in [0.4, 0.5) is 5.69 Å². The summed E-state index contributed by atoms with van der Waals surface area (Å²) in [5, 5.41) is 14.6. The summed E-state index contributed by atoms with van der Waals surface area (Å²) in [6.07, 6.45) is 3.62. The van der Waals surface area contributed by atoms with Gasteiger partial charge in [-0.05, 0) is 11.6 Å². The van der Waals surface area contributed by atoms with Crippen LogP contribution in [0.15, 0.2) is 48.8 Å². The Morgan fingerprint density at radius 3 is 2.95 bits per heavy atom. The molecule has 1 saturated heterocycles. The smallest absolute Gasteiger partial charge is 0.273 e. The van der Waals surface area contributed by atoms with E-state index in [0.29, 0.717) is 6.54 Å². The summed E-state index contributed by atoms with van der Waals surface area (Å²) in [6.45, 7) is 3.13. The number of pyridine rings is 1. The minimum atomic E-state index is -0.309. The average molecular weight is 298 g/mol. The third-order valence-corrected chi connectivity index (χ3v) is 3.99. The monoisotopic (exact) mass is 298 g/mol. The van der Waals surface area contributed by atoms with Crippen LogP contribution in [0, 0.1) is 10.1 Å². The van der Waals surface area contributed by atoms with Crippen LogP contribution in [0.5, 0.6) is 0 Å². The van der Waals surface area contributed by atoms with E-state index in [0.717, 1.165) is 30.8 Å². The number of hydrogen-bond acceptors (Lipinski definition) is 5. The van der Waals surface area contributed by atoms with Gasteiger partial charge in [-0.2, -0.15) is 0 Å². The SMILES string of the molecule is O=[N+]([O-])c1ccccc1CN1CCNCC1c1cccnc1. The Bertz CT molecular complexity index is 648. The molecule has 1 aliphatic heterocycles. The highest BCUT2D eigenvalue weighted by molar-refractivity contribution is 5.39. The molecule has 1 fully saturated rings. The van der Waals surface area contributed by atoms with Gasteiger partial charge in [0.2, 0.25) is 0 Å². The Morgan fingerprint density at radius 1 is 1.32 bits per heavy atom. The molecule has 3 rings (SSSR count). The Kier molecular flexibility index (Phi) is 4.41. The van der Waals surface area contributed by atoms with E-state index in [-0.39, 0.29) is 16.7 Å². The fraction of sp³-hybridized carbons (Fsp3) is 0.312. The summed E-state index contributed by atoms with van der Waals surface area (Å²) >= 11 is 0. The van der Waals surface area contributed by atoms with Crippen LogP contribution >= 0.6 is 0 Å². The molecule has 1 atom stereocenters. The van der Waals surface area contributed by atoms with E-state index in [1.165, 1.54) is 0 Å². The lowest BCUT2D eigenvalue weighted by molar-refractivity contribution is -0.385. The van der Waals surface area contributed by atoms with Crippen molar-refractivity contribution < 1.29 is 4.92 Å². The quantitative estimate of drug-likeness (QED) is 0.691. The molecule has 0 radical (unpaired) electrons. The number of piperazine rings is 1. The molecule has 6 heteroatoms. The molecule has 1 unspecified atom stereocenters. The van der Waals surface area contributed by atoms with Crippen molar-refractivity contribution in [3.05, 3.63) is 70.0 Å². The van der Waals surface area contributed by atoms with Crippen LogP contribution in [0.3, 0.4) is 0 Å². The van der Waals surface area contributed by atoms with E-state index < -0.39 is 0 Å². The number of nitro groups is 1.